The Morgan fingerprint density at radius 1 is 1.10 bits per heavy atom. The van der Waals surface area contributed by atoms with E-state index in [9.17, 15) is 14.4 Å². The Morgan fingerprint density at radius 2 is 1.83 bits per heavy atom. The highest BCUT2D eigenvalue weighted by atomic mass is 16.5. The van der Waals surface area contributed by atoms with Gasteiger partial charge in [0.05, 0.1) is 19.2 Å². The van der Waals surface area contributed by atoms with Crippen LogP contribution in [-0.2, 0) is 9.59 Å². The zero-order valence-corrected chi connectivity index (χ0v) is 17.2. The first kappa shape index (κ1) is 22.5. The van der Waals surface area contributed by atoms with Crippen LogP contribution < -0.4 is 20.7 Å². The number of rotatable bonds is 8. The van der Waals surface area contributed by atoms with Crippen molar-refractivity contribution in [3.8, 4) is 18.1 Å². The molecule has 0 radical (unpaired) electrons. The van der Waals surface area contributed by atoms with Crippen LogP contribution in [0.15, 0.2) is 48.5 Å². The number of ether oxygens (including phenoxy) is 1. The number of hydrogen-bond acceptors (Lipinski definition) is 4. The largest absolute Gasteiger partial charge is 0.496 e. The summed E-state index contributed by atoms with van der Waals surface area (Å²) in [4.78, 5) is 37.4. The molecule has 0 saturated carbocycles. The molecule has 0 aliphatic carbocycles. The average Bonchev–Trinajstić information content (AvgIpc) is 2.75. The first-order chi connectivity index (χ1) is 14.3. The lowest BCUT2D eigenvalue weighted by atomic mass is 10.0. The van der Waals surface area contributed by atoms with Gasteiger partial charge in [-0.15, -0.1) is 6.42 Å². The summed E-state index contributed by atoms with van der Waals surface area (Å²) in [5.74, 6) is 1.40. The third-order valence-electron chi connectivity index (χ3n) is 4.32. The van der Waals surface area contributed by atoms with Gasteiger partial charge in [-0.3, -0.25) is 14.4 Å². The van der Waals surface area contributed by atoms with Gasteiger partial charge >= 0.3 is 0 Å². The van der Waals surface area contributed by atoms with Crippen LogP contribution >= 0.6 is 0 Å². The monoisotopic (exact) mass is 407 g/mol. The molecule has 7 nitrogen and oxygen atoms in total. The lowest BCUT2D eigenvalue weighted by Gasteiger charge is -2.22. The topological polar surface area (TPSA) is 96.5 Å². The Kier molecular flexibility index (Phi) is 8.00. The molecule has 0 aromatic heterocycles. The van der Waals surface area contributed by atoms with Gasteiger partial charge in [0.25, 0.3) is 5.91 Å². The molecule has 1 unspecified atom stereocenters. The molecular formula is C23H25N3O4. The van der Waals surface area contributed by atoms with Crippen LogP contribution in [0.25, 0.3) is 0 Å². The summed E-state index contributed by atoms with van der Waals surface area (Å²) in [5, 5.41) is 7.94. The molecular weight excluding hydrogens is 382 g/mol. The third-order valence-corrected chi connectivity index (χ3v) is 4.32. The summed E-state index contributed by atoms with van der Waals surface area (Å²) in [5.41, 5.74) is 1.50. The fourth-order valence-electron chi connectivity index (χ4n) is 2.76. The normalized spacial score (nSPS) is 11.2. The third kappa shape index (κ3) is 6.11. The molecule has 7 heteroatoms. The van der Waals surface area contributed by atoms with Crippen molar-refractivity contribution < 1.29 is 19.1 Å². The Labute approximate surface area is 176 Å². The zero-order valence-electron chi connectivity index (χ0n) is 17.2. The van der Waals surface area contributed by atoms with Gasteiger partial charge in [0, 0.05) is 11.3 Å². The predicted molar refractivity (Wildman–Crippen MR) is 115 cm³/mol. The molecule has 2 rings (SSSR count). The molecule has 0 bridgehead atoms. The second kappa shape index (κ2) is 10.7. The second-order valence-corrected chi connectivity index (χ2v) is 6.89. The number of para-hydroxylation sites is 1. The molecule has 30 heavy (non-hydrogen) atoms. The molecule has 0 aliphatic rings. The summed E-state index contributed by atoms with van der Waals surface area (Å²) >= 11 is 0. The Hall–Kier alpha value is -3.79. The molecule has 2 aromatic carbocycles. The van der Waals surface area contributed by atoms with Crippen LogP contribution in [0.2, 0.25) is 0 Å². The average molecular weight is 407 g/mol. The van der Waals surface area contributed by atoms with E-state index in [1.807, 2.05) is 0 Å². The maximum Gasteiger partial charge on any atom is 0.255 e. The lowest BCUT2D eigenvalue weighted by Crippen LogP contribution is -2.51. The maximum absolute atomic E-state index is 12.6. The van der Waals surface area contributed by atoms with E-state index in [0.717, 1.165) is 0 Å². The summed E-state index contributed by atoms with van der Waals surface area (Å²) in [6.45, 7) is 3.36. The smallest absolute Gasteiger partial charge is 0.255 e. The predicted octanol–water partition coefficient (Wildman–Crippen LogP) is 2.19. The van der Waals surface area contributed by atoms with Crippen molar-refractivity contribution in [2.24, 2.45) is 5.92 Å². The summed E-state index contributed by atoms with van der Waals surface area (Å²) in [6.07, 6.45) is 5.35. The minimum atomic E-state index is -0.819. The number of nitrogens with one attached hydrogen (secondary N) is 3. The van der Waals surface area contributed by atoms with E-state index < -0.39 is 23.8 Å². The number of methoxy groups -OCH3 is 1. The van der Waals surface area contributed by atoms with E-state index >= 15 is 0 Å². The van der Waals surface area contributed by atoms with Gasteiger partial charge < -0.3 is 20.7 Å². The fraction of sp³-hybridized carbons (Fsp3) is 0.261. The first-order valence-corrected chi connectivity index (χ1v) is 9.43. The van der Waals surface area contributed by atoms with Crippen molar-refractivity contribution >= 4 is 23.4 Å². The van der Waals surface area contributed by atoms with E-state index in [4.69, 9.17) is 11.2 Å². The SMILES string of the molecule is C#Cc1cccc(NC(=O)CNC(=O)C(NC(=O)c2ccccc2OC)C(C)C)c1. The molecule has 0 spiro atoms. The zero-order chi connectivity index (χ0) is 22.1. The molecule has 156 valence electrons. The molecule has 0 aliphatic heterocycles. The number of amides is 3. The minimum Gasteiger partial charge on any atom is -0.496 e. The van der Waals surface area contributed by atoms with Gasteiger partial charge in [-0.25, -0.2) is 0 Å². The van der Waals surface area contributed by atoms with Gasteiger partial charge in [-0.2, -0.15) is 0 Å². The summed E-state index contributed by atoms with van der Waals surface area (Å²) in [6, 6.07) is 12.7. The van der Waals surface area contributed by atoms with Crippen LogP contribution in [-0.4, -0.2) is 37.4 Å². The number of benzene rings is 2. The Morgan fingerprint density at radius 3 is 2.50 bits per heavy atom. The molecule has 0 heterocycles. The Bertz CT molecular complexity index is 963. The molecule has 1 atom stereocenters. The molecule has 2 aromatic rings. The van der Waals surface area contributed by atoms with Crippen LogP contribution in [0.1, 0.15) is 29.8 Å². The van der Waals surface area contributed by atoms with Crippen LogP contribution in [0.3, 0.4) is 0 Å². The highest BCUT2D eigenvalue weighted by Crippen LogP contribution is 2.17. The van der Waals surface area contributed by atoms with Crippen molar-refractivity contribution in [1.82, 2.24) is 10.6 Å². The van der Waals surface area contributed by atoms with Crippen molar-refractivity contribution in [3.05, 3.63) is 59.7 Å². The molecule has 3 amide bonds. The highest BCUT2D eigenvalue weighted by molar-refractivity contribution is 6.00. The fourth-order valence-corrected chi connectivity index (χ4v) is 2.76. The van der Waals surface area contributed by atoms with Crippen molar-refractivity contribution in [3.63, 3.8) is 0 Å². The van der Waals surface area contributed by atoms with Gasteiger partial charge in [0.15, 0.2) is 0 Å². The van der Waals surface area contributed by atoms with Gasteiger partial charge in [-0.05, 0) is 36.2 Å². The second-order valence-electron chi connectivity index (χ2n) is 6.89. The number of hydrogen-bond donors (Lipinski definition) is 3. The molecule has 3 N–H and O–H groups in total. The van der Waals surface area contributed by atoms with Crippen LogP contribution in [0.4, 0.5) is 5.69 Å². The molecule has 0 fully saturated rings. The van der Waals surface area contributed by atoms with E-state index in [1.54, 1.807) is 62.4 Å². The first-order valence-electron chi connectivity index (χ1n) is 9.43. The van der Waals surface area contributed by atoms with Gasteiger partial charge in [0.1, 0.15) is 11.8 Å². The van der Waals surface area contributed by atoms with Crippen molar-refractivity contribution in [2.45, 2.75) is 19.9 Å². The van der Waals surface area contributed by atoms with Crippen molar-refractivity contribution in [2.75, 3.05) is 19.0 Å². The van der Waals surface area contributed by atoms with Crippen LogP contribution in [0.5, 0.6) is 5.75 Å². The number of terminal acetylenes is 1. The number of carbonyl (C=O) groups is 3. The van der Waals surface area contributed by atoms with Gasteiger partial charge in [0.2, 0.25) is 11.8 Å². The van der Waals surface area contributed by atoms with E-state index in [2.05, 4.69) is 21.9 Å². The maximum atomic E-state index is 12.6. The number of carbonyl (C=O) groups excluding carboxylic acids is 3. The van der Waals surface area contributed by atoms with E-state index in [0.29, 0.717) is 22.6 Å². The van der Waals surface area contributed by atoms with E-state index in [-0.39, 0.29) is 12.5 Å². The Balaban J connectivity index is 1.97. The number of anilines is 1. The van der Waals surface area contributed by atoms with Crippen LogP contribution in [0, 0.1) is 18.3 Å². The van der Waals surface area contributed by atoms with E-state index in [1.165, 1.54) is 7.11 Å². The summed E-state index contributed by atoms with van der Waals surface area (Å²) in [7, 11) is 1.47. The standard InChI is InChI=1S/C23H25N3O4/c1-5-16-9-8-10-17(13-16)25-20(27)14-24-23(29)21(15(2)3)26-22(28)18-11-6-7-12-19(18)30-4/h1,6-13,15,21H,14H2,2-4H3,(H,24,29)(H,25,27)(H,26,28). The van der Waals surface area contributed by atoms with Crippen molar-refractivity contribution in [1.29, 1.82) is 0 Å². The summed E-state index contributed by atoms with van der Waals surface area (Å²) < 4.78 is 5.19. The lowest BCUT2D eigenvalue weighted by molar-refractivity contribution is -0.126. The minimum absolute atomic E-state index is 0.195. The van der Waals surface area contributed by atoms with Gasteiger partial charge in [-0.1, -0.05) is 38.0 Å². The quantitative estimate of drug-likeness (QED) is 0.585. The molecule has 0 saturated heterocycles. The highest BCUT2D eigenvalue weighted by Gasteiger charge is 2.26.